The number of hydrogen-bond donors (Lipinski definition) is 0. The molecule has 0 radical (unpaired) electrons. The van der Waals surface area contributed by atoms with Crippen LogP contribution in [0.1, 0.15) is 46.5 Å². The number of carbonyl (C=O) groups is 2. The normalized spacial score (nSPS) is 12.7. The van der Waals surface area contributed by atoms with Crippen molar-refractivity contribution in [1.82, 2.24) is 0 Å². The van der Waals surface area contributed by atoms with E-state index in [2.05, 4.69) is 13.8 Å². The molecule has 0 aromatic heterocycles. The number of nitrogens with zero attached hydrogens (tertiary/aromatic N) is 1. The molecule has 0 spiro atoms. The molecular weight excluding hydrogens is 406 g/mol. The molecule has 2 aromatic carbocycles. The maximum atomic E-state index is 13.2. The van der Waals surface area contributed by atoms with Crippen LogP contribution in [0.5, 0.6) is 11.5 Å². The topological polar surface area (TPSA) is 65.1 Å². The van der Waals surface area contributed by atoms with Gasteiger partial charge in [-0.1, -0.05) is 25.4 Å². The number of anilines is 1. The van der Waals surface area contributed by atoms with Crippen molar-refractivity contribution < 1.29 is 23.8 Å². The number of esters is 1. The second kappa shape index (κ2) is 9.39. The van der Waals surface area contributed by atoms with Gasteiger partial charge in [0.1, 0.15) is 0 Å². The van der Waals surface area contributed by atoms with Crippen molar-refractivity contribution in [3.8, 4) is 11.5 Å². The molecule has 0 saturated carbocycles. The Kier molecular flexibility index (Phi) is 6.87. The Balaban J connectivity index is 1.84. The number of fused-ring (bicyclic) bond motifs is 1. The third kappa shape index (κ3) is 4.54. The predicted octanol–water partition coefficient (Wildman–Crippen LogP) is 4.76. The Morgan fingerprint density at radius 2 is 1.90 bits per heavy atom. The Morgan fingerprint density at radius 1 is 1.13 bits per heavy atom. The highest BCUT2D eigenvalue weighted by Gasteiger charge is 2.28. The van der Waals surface area contributed by atoms with Crippen LogP contribution in [-0.4, -0.2) is 39.2 Å². The molecule has 0 fully saturated rings. The van der Waals surface area contributed by atoms with Crippen LogP contribution in [0.4, 0.5) is 5.69 Å². The van der Waals surface area contributed by atoms with Gasteiger partial charge in [0.05, 0.1) is 31.4 Å². The molecule has 1 heterocycles. The zero-order chi connectivity index (χ0) is 21.8. The van der Waals surface area contributed by atoms with Gasteiger partial charge in [0.25, 0.3) is 5.91 Å². The molecule has 0 unspecified atom stereocenters. The van der Waals surface area contributed by atoms with Crippen molar-refractivity contribution in [3.05, 3.63) is 52.0 Å². The average molecular weight is 432 g/mol. The molecule has 1 amide bonds. The first-order chi connectivity index (χ1) is 14.3. The molecule has 7 heteroatoms. The predicted molar refractivity (Wildman–Crippen MR) is 116 cm³/mol. The number of carbonyl (C=O) groups excluding carboxylic acids is 2. The van der Waals surface area contributed by atoms with Crippen molar-refractivity contribution >= 4 is 29.2 Å². The average Bonchev–Trinajstić information content (AvgIpc) is 3.16. The van der Waals surface area contributed by atoms with Gasteiger partial charge in [-0.3, -0.25) is 4.79 Å². The summed E-state index contributed by atoms with van der Waals surface area (Å²) in [6, 6.07) is 8.47. The molecule has 0 atom stereocenters. The Bertz CT molecular complexity index is 957. The first-order valence-electron chi connectivity index (χ1n) is 9.89. The lowest BCUT2D eigenvalue weighted by Crippen LogP contribution is -2.29. The molecule has 6 nitrogen and oxygen atoms in total. The number of amides is 1. The summed E-state index contributed by atoms with van der Waals surface area (Å²) < 4.78 is 16.0. The lowest BCUT2D eigenvalue weighted by molar-refractivity contribution is 0.0600. The van der Waals surface area contributed by atoms with Gasteiger partial charge in [0, 0.05) is 17.8 Å². The molecule has 0 N–H and O–H groups in total. The standard InChI is InChI=1S/C23H26ClNO5/c1-14(2)8-10-30-21-18(24)12-17(13-20(21)28-3)22(26)25-9-7-15-11-16(23(27)29-4)5-6-19(15)25/h5-6,11-14H,7-10H2,1-4H3. The summed E-state index contributed by atoms with van der Waals surface area (Å²) in [5.41, 5.74) is 2.59. The SMILES string of the molecule is COC(=O)c1ccc2c(c1)CCN2C(=O)c1cc(Cl)c(OCCC(C)C)c(OC)c1. The first kappa shape index (κ1) is 22.0. The number of methoxy groups -OCH3 is 2. The number of rotatable bonds is 7. The van der Waals surface area contributed by atoms with E-state index in [0.29, 0.717) is 53.1 Å². The summed E-state index contributed by atoms with van der Waals surface area (Å²) >= 11 is 6.42. The van der Waals surface area contributed by atoms with E-state index < -0.39 is 5.97 Å². The first-order valence-corrected chi connectivity index (χ1v) is 10.3. The van der Waals surface area contributed by atoms with E-state index >= 15 is 0 Å². The van der Waals surface area contributed by atoms with Gasteiger partial charge in [-0.2, -0.15) is 0 Å². The number of benzene rings is 2. The molecule has 160 valence electrons. The van der Waals surface area contributed by atoms with Crippen LogP contribution in [0.3, 0.4) is 0 Å². The number of hydrogen-bond acceptors (Lipinski definition) is 5. The molecule has 2 aromatic rings. The molecule has 1 aliphatic rings. The third-order valence-corrected chi connectivity index (χ3v) is 5.34. The van der Waals surface area contributed by atoms with Gasteiger partial charge < -0.3 is 19.1 Å². The van der Waals surface area contributed by atoms with E-state index in [-0.39, 0.29) is 5.91 Å². The van der Waals surface area contributed by atoms with Gasteiger partial charge in [-0.15, -0.1) is 0 Å². The van der Waals surface area contributed by atoms with Crippen molar-refractivity contribution in [2.75, 3.05) is 32.3 Å². The maximum absolute atomic E-state index is 13.2. The quantitative estimate of drug-likeness (QED) is 0.591. The summed E-state index contributed by atoms with van der Waals surface area (Å²) in [5, 5.41) is 0.335. The summed E-state index contributed by atoms with van der Waals surface area (Å²) in [5.74, 6) is 0.794. The van der Waals surface area contributed by atoms with Crippen LogP contribution in [0.25, 0.3) is 0 Å². The molecule has 30 heavy (non-hydrogen) atoms. The fourth-order valence-corrected chi connectivity index (χ4v) is 3.66. The fraction of sp³-hybridized carbons (Fsp3) is 0.391. The Labute approximate surface area is 181 Å². The zero-order valence-electron chi connectivity index (χ0n) is 17.7. The highest BCUT2D eigenvalue weighted by Crippen LogP contribution is 2.38. The summed E-state index contributed by atoms with van der Waals surface area (Å²) in [7, 11) is 2.87. The van der Waals surface area contributed by atoms with E-state index in [1.807, 2.05) is 0 Å². The highest BCUT2D eigenvalue weighted by atomic mass is 35.5. The fourth-order valence-electron chi connectivity index (χ4n) is 3.39. The second-order valence-corrected chi connectivity index (χ2v) is 7.97. The van der Waals surface area contributed by atoms with Crippen LogP contribution in [-0.2, 0) is 11.2 Å². The molecule has 0 aliphatic carbocycles. The monoisotopic (exact) mass is 431 g/mol. The highest BCUT2D eigenvalue weighted by molar-refractivity contribution is 6.33. The number of ether oxygens (including phenoxy) is 3. The number of halogens is 1. The smallest absolute Gasteiger partial charge is 0.337 e. The Hall–Kier alpha value is -2.73. The van der Waals surface area contributed by atoms with Gasteiger partial charge in [0.15, 0.2) is 11.5 Å². The molecule has 0 saturated heterocycles. The lowest BCUT2D eigenvalue weighted by atomic mass is 10.1. The largest absolute Gasteiger partial charge is 0.493 e. The lowest BCUT2D eigenvalue weighted by Gasteiger charge is -2.19. The van der Waals surface area contributed by atoms with Crippen LogP contribution < -0.4 is 14.4 Å². The van der Waals surface area contributed by atoms with E-state index in [1.54, 1.807) is 35.2 Å². The van der Waals surface area contributed by atoms with Crippen molar-refractivity contribution in [3.63, 3.8) is 0 Å². The van der Waals surface area contributed by atoms with E-state index in [4.69, 9.17) is 25.8 Å². The summed E-state index contributed by atoms with van der Waals surface area (Å²) in [6.45, 7) is 5.27. The van der Waals surface area contributed by atoms with Crippen molar-refractivity contribution in [1.29, 1.82) is 0 Å². The van der Waals surface area contributed by atoms with Crippen LogP contribution in [0, 0.1) is 5.92 Å². The van der Waals surface area contributed by atoms with Gasteiger partial charge >= 0.3 is 5.97 Å². The minimum Gasteiger partial charge on any atom is -0.493 e. The Morgan fingerprint density at radius 3 is 2.57 bits per heavy atom. The minimum absolute atomic E-state index is 0.187. The van der Waals surface area contributed by atoms with Gasteiger partial charge in [-0.05, 0) is 54.7 Å². The van der Waals surface area contributed by atoms with Crippen molar-refractivity contribution in [2.45, 2.75) is 26.7 Å². The molecular formula is C23H26ClNO5. The molecule has 3 rings (SSSR count). The van der Waals surface area contributed by atoms with E-state index in [9.17, 15) is 9.59 Å². The van der Waals surface area contributed by atoms with Crippen LogP contribution >= 0.6 is 11.6 Å². The summed E-state index contributed by atoms with van der Waals surface area (Å²) in [4.78, 5) is 26.6. The van der Waals surface area contributed by atoms with Crippen molar-refractivity contribution in [2.24, 2.45) is 5.92 Å². The van der Waals surface area contributed by atoms with Crippen LogP contribution in [0.2, 0.25) is 5.02 Å². The van der Waals surface area contributed by atoms with Crippen LogP contribution in [0.15, 0.2) is 30.3 Å². The second-order valence-electron chi connectivity index (χ2n) is 7.56. The van der Waals surface area contributed by atoms with E-state index in [1.165, 1.54) is 14.2 Å². The van der Waals surface area contributed by atoms with Gasteiger partial charge in [0.2, 0.25) is 0 Å². The van der Waals surface area contributed by atoms with Gasteiger partial charge in [-0.25, -0.2) is 4.79 Å². The molecule has 0 bridgehead atoms. The summed E-state index contributed by atoms with van der Waals surface area (Å²) in [6.07, 6.45) is 1.55. The minimum atomic E-state index is -0.396. The zero-order valence-corrected chi connectivity index (χ0v) is 18.4. The third-order valence-electron chi connectivity index (χ3n) is 5.06. The van der Waals surface area contributed by atoms with E-state index in [0.717, 1.165) is 17.7 Å². The molecule has 1 aliphatic heterocycles. The maximum Gasteiger partial charge on any atom is 0.337 e.